The molecule has 1 aromatic rings. The maximum Gasteiger partial charge on any atom is 0.389 e. The molecular weight excluding hydrogens is 261 g/mol. The van der Waals surface area contributed by atoms with Crippen molar-refractivity contribution in [3.63, 3.8) is 0 Å². The third-order valence-electron chi connectivity index (χ3n) is 2.36. The van der Waals surface area contributed by atoms with E-state index >= 15 is 0 Å². The molecule has 1 rings (SSSR count). The zero-order valence-corrected chi connectivity index (χ0v) is 10.1. The number of anilines is 1. The van der Waals surface area contributed by atoms with Gasteiger partial charge in [0.25, 0.3) is 5.91 Å². The number of alkyl halides is 3. The molecule has 0 aliphatic heterocycles. The molecule has 19 heavy (non-hydrogen) atoms. The Bertz CT molecular complexity index is 423. The number of amides is 1. The number of hydrazine groups is 1. The number of unbranched alkanes of at least 4 members (excludes halogenated alkanes) is 1. The minimum atomic E-state index is -4.15. The van der Waals surface area contributed by atoms with Crippen LogP contribution < -0.4 is 16.6 Å². The van der Waals surface area contributed by atoms with Gasteiger partial charge in [-0.3, -0.25) is 4.79 Å². The molecule has 0 fully saturated rings. The van der Waals surface area contributed by atoms with Crippen LogP contribution in [0.25, 0.3) is 0 Å². The molecule has 0 unspecified atom stereocenters. The summed E-state index contributed by atoms with van der Waals surface area (Å²) in [6, 6.07) is 3.09. The Balaban J connectivity index is 2.35. The second-order valence-electron chi connectivity index (χ2n) is 3.87. The molecule has 1 aromatic heterocycles. The van der Waals surface area contributed by atoms with E-state index in [1.165, 1.54) is 12.3 Å². The van der Waals surface area contributed by atoms with Gasteiger partial charge in [-0.05, 0) is 25.0 Å². The number of hydrogen-bond acceptors (Lipinski definition) is 4. The molecule has 0 saturated heterocycles. The van der Waals surface area contributed by atoms with Gasteiger partial charge in [-0.15, -0.1) is 0 Å². The Hall–Kier alpha value is -1.83. The highest BCUT2D eigenvalue weighted by Crippen LogP contribution is 2.21. The molecular formula is C11H15F3N4O. The molecule has 0 spiro atoms. The van der Waals surface area contributed by atoms with Crippen LogP contribution in [-0.4, -0.2) is 23.6 Å². The summed E-state index contributed by atoms with van der Waals surface area (Å²) in [5, 5.41) is 2.52. The number of aromatic nitrogens is 1. The molecule has 1 heterocycles. The highest BCUT2D eigenvalue weighted by atomic mass is 19.4. The van der Waals surface area contributed by atoms with Crippen molar-refractivity contribution in [3.8, 4) is 0 Å². The SMILES string of the molecule is NNc1ncccc1C(=O)NCCCCC(F)(F)F. The average molecular weight is 276 g/mol. The lowest BCUT2D eigenvalue weighted by Crippen LogP contribution is -2.26. The van der Waals surface area contributed by atoms with Crippen LogP contribution >= 0.6 is 0 Å². The predicted octanol–water partition coefficient (Wildman–Crippen LogP) is 1.83. The second kappa shape index (κ2) is 6.93. The third kappa shape index (κ3) is 5.56. The van der Waals surface area contributed by atoms with E-state index in [-0.39, 0.29) is 30.8 Å². The smallest absolute Gasteiger partial charge is 0.352 e. The summed E-state index contributed by atoms with van der Waals surface area (Å²) >= 11 is 0. The molecule has 5 nitrogen and oxygen atoms in total. The van der Waals surface area contributed by atoms with Gasteiger partial charge in [0.2, 0.25) is 0 Å². The van der Waals surface area contributed by atoms with E-state index in [0.29, 0.717) is 0 Å². The van der Waals surface area contributed by atoms with Gasteiger partial charge in [0.15, 0.2) is 5.82 Å². The molecule has 4 N–H and O–H groups in total. The van der Waals surface area contributed by atoms with E-state index in [9.17, 15) is 18.0 Å². The number of hydrogen-bond donors (Lipinski definition) is 3. The quantitative estimate of drug-likeness (QED) is 0.421. The van der Waals surface area contributed by atoms with E-state index in [2.05, 4.69) is 15.7 Å². The topological polar surface area (TPSA) is 80.0 Å². The summed E-state index contributed by atoms with van der Waals surface area (Å²) in [4.78, 5) is 15.6. The monoisotopic (exact) mass is 276 g/mol. The van der Waals surface area contributed by atoms with Crippen molar-refractivity contribution < 1.29 is 18.0 Å². The molecule has 0 aromatic carbocycles. The largest absolute Gasteiger partial charge is 0.389 e. The van der Waals surface area contributed by atoms with Crippen LogP contribution in [0.15, 0.2) is 18.3 Å². The van der Waals surface area contributed by atoms with Crippen LogP contribution in [0.5, 0.6) is 0 Å². The number of carbonyl (C=O) groups is 1. The first-order valence-corrected chi connectivity index (χ1v) is 5.70. The fraction of sp³-hybridized carbons (Fsp3) is 0.455. The van der Waals surface area contributed by atoms with Gasteiger partial charge in [0, 0.05) is 19.2 Å². The fourth-order valence-electron chi connectivity index (χ4n) is 1.45. The maximum absolute atomic E-state index is 11.9. The van der Waals surface area contributed by atoms with Crippen molar-refractivity contribution >= 4 is 11.7 Å². The molecule has 0 aliphatic rings. The summed E-state index contributed by atoms with van der Waals surface area (Å²) in [5.74, 6) is 4.99. The molecule has 0 aliphatic carbocycles. The second-order valence-corrected chi connectivity index (χ2v) is 3.87. The molecule has 0 atom stereocenters. The molecule has 0 radical (unpaired) electrons. The fourth-order valence-corrected chi connectivity index (χ4v) is 1.45. The Morgan fingerprint density at radius 1 is 1.37 bits per heavy atom. The van der Waals surface area contributed by atoms with Crippen molar-refractivity contribution in [2.75, 3.05) is 12.0 Å². The van der Waals surface area contributed by atoms with Gasteiger partial charge in [0.1, 0.15) is 0 Å². The highest BCUT2D eigenvalue weighted by molar-refractivity contribution is 5.98. The average Bonchev–Trinajstić information content (AvgIpc) is 2.36. The Labute approximate surface area is 108 Å². The van der Waals surface area contributed by atoms with E-state index in [0.717, 1.165) is 0 Å². The summed E-state index contributed by atoms with van der Waals surface area (Å²) in [5.41, 5.74) is 2.53. The van der Waals surface area contributed by atoms with Crippen molar-refractivity contribution in [2.45, 2.75) is 25.4 Å². The van der Waals surface area contributed by atoms with Gasteiger partial charge in [-0.25, -0.2) is 10.8 Å². The molecule has 8 heteroatoms. The number of rotatable bonds is 6. The van der Waals surface area contributed by atoms with Crippen LogP contribution in [0.2, 0.25) is 0 Å². The number of nitrogens with two attached hydrogens (primary N) is 1. The number of carbonyl (C=O) groups excluding carboxylic acids is 1. The van der Waals surface area contributed by atoms with Gasteiger partial charge in [-0.2, -0.15) is 13.2 Å². The summed E-state index contributed by atoms with van der Waals surface area (Å²) in [6.07, 6.45) is -3.28. The first-order chi connectivity index (χ1) is 8.94. The number of nitrogens with zero attached hydrogens (tertiary/aromatic N) is 1. The van der Waals surface area contributed by atoms with E-state index < -0.39 is 18.5 Å². The Morgan fingerprint density at radius 2 is 2.11 bits per heavy atom. The minimum Gasteiger partial charge on any atom is -0.352 e. The van der Waals surface area contributed by atoms with Gasteiger partial charge >= 0.3 is 6.18 Å². The summed E-state index contributed by atoms with van der Waals surface area (Å²) in [7, 11) is 0. The normalized spacial score (nSPS) is 11.2. The molecule has 1 amide bonds. The van der Waals surface area contributed by atoms with Crippen molar-refractivity contribution in [3.05, 3.63) is 23.9 Å². The third-order valence-corrected chi connectivity index (χ3v) is 2.36. The predicted molar refractivity (Wildman–Crippen MR) is 64.3 cm³/mol. The molecule has 106 valence electrons. The zero-order chi connectivity index (χ0) is 14.3. The number of nitrogen functional groups attached to an aromatic ring is 1. The van der Waals surface area contributed by atoms with E-state index in [4.69, 9.17) is 5.84 Å². The van der Waals surface area contributed by atoms with Gasteiger partial charge in [0.05, 0.1) is 5.56 Å². The van der Waals surface area contributed by atoms with Crippen molar-refractivity contribution in [1.29, 1.82) is 0 Å². The summed E-state index contributed by atoms with van der Waals surface area (Å²) in [6.45, 7) is 0.174. The van der Waals surface area contributed by atoms with E-state index in [1.54, 1.807) is 6.07 Å². The van der Waals surface area contributed by atoms with Crippen molar-refractivity contribution in [1.82, 2.24) is 10.3 Å². The molecule has 0 saturated carbocycles. The van der Waals surface area contributed by atoms with Crippen LogP contribution in [0.1, 0.15) is 29.6 Å². The highest BCUT2D eigenvalue weighted by Gasteiger charge is 2.25. The number of halogens is 3. The van der Waals surface area contributed by atoms with Crippen LogP contribution in [-0.2, 0) is 0 Å². The van der Waals surface area contributed by atoms with Crippen LogP contribution in [0.3, 0.4) is 0 Å². The van der Waals surface area contributed by atoms with Gasteiger partial charge in [-0.1, -0.05) is 0 Å². The zero-order valence-electron chi connectivity index (χ0n) is 10.1. The Kier molecular flexibility index (Phi) is 5.56. The molecule has 0 bridgehead atoms. The van der Waals surface area contributed by atoms with Gasteiger partial charge < -0.3 is 10.7 Å². The van der Waals surface area contributed by atoms with Crippen molar-refractivity contribution in [2.24, 2.45) is 5.84 Å². The van der Waals surface area contributed by atoms with E-state index in [1.807, 2.05) is 0 Å². The van der Waals surface area contributed by atoms with Crippen LogP contribution in [0.4, 0.5) is 19.0 Å². The lowest BCUT2D eigenvalue weighted by atomic mass is 10.2. The van der Waals surface area contributed by atoms with Crippen LogP contribution in [0, 0.1) is 0 Å². The standard InChI is InChI=1S/C11H15F3N4O/c12-11(13,14)5-1-2-6-17-10(19)8-4-3-7-16-9(8)18-15/h3-4,7H,1-2,5-6,15H2,(H,16,18)(H,17,19). The lowest BCUT2D eigenvalue weighted by molar-refractivity contribution is -0.135. The number of pyridine rings is 1. The lowest BCUT2D eigenvalue weighted by Gasteiger charge is -2.09. The maximum atomic E-state index is 11.9. The first-order valence-electron chi connectivity index (χ1n) is 5.70. The summed E-state index contributed by atoms with van der Waals surface area (Å²) < 4.78 is 35.7. The number of nitrogens with one attached hydrogen (secondary N) is 2. The minimum absolute atomic E-state index is 0.0151. The first kappa shape index (κ1) is 15.2. The Morgan fingerprint density at radius 3 is 2.74 bits per heavy atom.